The van der Waals surface area contributed by atoms with Crippen molar-refractivity contribution in [1.82, 2.24) is 14.1 Å². The van der Waals surface area contributed by atoms with Gasteiger partial charge in [0, 0.05) is 33.7 Å². The van der Waals surface area contributed by atoms with Crippen LogP contribution in [0.4, 0.5) is 0 Å². The second kappa shape index (κ2) is 11.2. The number of aryl methyl sites for hydroxylation is 2. The van der Waals surface area contributed by atoms with Crippen LogP contribution in [0.5, 0.6) is 0 Å². The van der Waals surface area contributed by atoms with Crippen molar-refractivity contribution in [3.63, 3.8) is 0 Å². The van der Waals surface area contributed by atoms with Crippen molar-refractivity contribution < 1.29 is 10.4 Å². The van der Waals surface area contributed by atoms with Crippen molar-refractivity contribution >= 4 is 44.0 Å². The van der Waals surface area contributed by atoms with Gasteiger partial charge in [0.15, 0.2) is 16.6 Å². The predicted molar refractivity (Wildman–Crippen MR) is 199 cm³/mol. The third-order valence-electron chi connectivity index (χ3n) is 10.0. The zero-order valence-corrected chi connectivity index (χ0v) is 29.1. The number of imidazole rings is 2. The number of aromatic nitrogens is 4. The van der Waals surface area contributed by atoms with Crippen LogP contribution in [0.25, 0.3) is 66.8 Å². The highest BCUT2D eigenvalue weighted by Crippen LogP contribution is 2.43. The van der Waals surface area contributed by atoms with Gasteiger partial charge in [-0.25, -0.2) is 9.55 Å². The summed E-state index contributed by atoms with van der Waals surface area (Å²) in [5, 5.41) is 2.04. The first-order valence-corrected chi connectivity index (χ1v) is 17.1. The predicted octanol–water partition coefficient (Wildman–Crippen LogP) is 11.0. The van der Waals surface area contributed by atoms with Crippen molar-refractivity contribution in [3.8, 4) is 22.8 Å². The molecule has 0 atom stereocenters. The summed E-state index contributed by atoms with van der Waals surface area (Å²) in [5.74, 6) is 2.17. The van der Waals surface area contributed by atoms with Crippen LogP contribution in [0, 0.1) is 6.92 Å². The molecule has 0 aliphatic carbocycles. The van der Waals surface area contributed by atoms with E-state index in [1.54, 1.807) is 0 Å². The first-order chi connectivity index (χ1) is 23.5. The topological polar surface area (TPSA) is 39.8 Å². The van der Waals surface area contributed by atoms with Crippen molar-refractivity contribution in [3.05, 3.63) is 120 Å². The first kappa shape index (κ1) is 29.0. The van der Waals surface area contributed by atoms with Crippen LogP contribution in [-0.2, 0) is 7.05 Å². The van der Waals surface area contributed by atoms with Crippen molar-refractivity contribution in [2.24, 2.45) is 7.05 Å². The van der Waals surface area contributed by atoms with Gasteiger partial charge in [0.1, 0.15) is 24.5 Å². The Morgan fingerprint density at radius 1 is 0.750 bits per heavy atom. The summed E-state index contributed by atoms with van der Waals surface area (Å²) in [6.45, 7) is 16.0. The molecule has 3 aromatic heterocycles. The smallest absolute Gasteiger partial charge is 0.299 e. The summed E-state index contributed by atoms with van der Waals surface area (Å²) in [4.78, 5) is 4.67. The standard InChI is InChI=1S/C43H43N4O/c1-25(2)29-20-32(26(3)4)41(33(21-29)27(5)6)47-37-17-13-12-16-36(37)45(8)43(47)40-28(7)18-19-31-34-22-35-38(23-39(34)48-42(31)40)46(24-44-35)30-14-10-9-11-15-30/h9-27H,1-8H3/q+1/i24D. The molecule has 3 heterocycles. The van der Waals surface area contributed by atoms with E-state index >= 15 is 0 Å². The van der Waals surface area contributed by atoms with Gasteiger partial charge >= 0.3 is 0 Å². The number of benzene rings is 5. The lowest BCUT2D eigenvalue weighted by Gasteiger charge is -2.21. The third-order valence-corrected chi connectivity index (χ3v) is 10.0. The van der Waals surface area contributed by atoms with Gasteiger partial charge in [-0.3, -0.25) is 4.57 Å². The molecule has 5 heteroatoms. The van der Waals surface area contributed by atoms with Crippen LogP contribution in [-0.4, -0.2) is 14.1 Å². The van der Waals surface area contributed by atoms with Gasteiger partial charge in [0.25, 0.3) is 5.82 Å². The molecule has 0 aliphatic heterocycles. The van der Waals surface area contributed by atoms with Crippen molar-refractivity contribution in [2.75, 3.05) is 0 Å². The Balaban J connectivity index is 1.48. The van der Waals surface area contributed by atoms with E-state index < -0.39 is 0 Å². The SMILES string of the molecule is [2H]c1nc2cc3c(cc2n1-c1ccccc1)oc1c(-c2n(-c4c(C(C)C)cc(C(C)C)cc4C(C)C)c4ccccc4[n+]2C)c(C)ccc13. The number of furan rings is 1. The zero-order chi connectivity index (χ0) is 34.3. The highest BCUT2D eigenvalue weighted by Gasteiger charge is 2.34. The lowest BCUT2D eigenvalue weighted by atomic mass is 9.87. The van der Waals surface area contributed by atoms with E-state index in [0.717, 1.165) is 61.1 Å². The number of hydrogen-bond acceptors (Lipinski definition) is 2. The average molecular weight is 633 g/mol. The fourth-order valence-electron chi connectivity index (χ4n) is 7.44. The van der Waals surface area contributed by atoms with Crippen LogP contribution in [0.3, 0.4) is 0 Å². The van der Waals surface area contributed by atoms with Crippen molar-refractivity contribution in [2.45, 2.75) is 66.2 Å². The molecular formula is C43H43N4O+. The maximum atomic E-state index is 8.69. The van der Waals surface area contributed by atoms with Gasteiger partial charge in [-0.2, -0.15) is 4.57 Å². The highest BCUT2D eigenvalue weighted by atomic mass is 16.3. The van der Waals surface area contributed by atoms with E-state index in [-0.39, 0.29) is 6.30 Å². The number of fused-ring (bicyclic) bond motifs is 5. The molecule has 5 aromatic carbocycles. The van der Waals surface area contributed by atoms with Gasteiger partial charge in [0.2, 0.25) is 0 Å². The summed E-state index contributed by atoms with van der Waals surface area (Å²) in [5.41, 5.74) is 14.1. The fraction of sp³-hybridized carbons (Fsp3) is 0.256. The van der Waals surface area contributed by atoms with Crippen LogP contribution in [0.2, 0.25) is 0 Å². The summed E-state index contributed by atoms with van der Waals surface area (Å²) < 4.78 is 22.4. The summed E-state index contributed by atoms with van der Waals surface area (Å²) in [7, 11) is 2.18. The summed E-state index contributed by atoms with van der Waals surface area (Å²) in [6.07, 6.45) is 0.205. The first-order valence-electron chi connectivity index (χ1n) is 17.6. The molecule has 0 saturated heterocycles. The Bertz CT molecular complexity index is 2540. The second-order valence-electron chi connectivity index (χ2n) is 14.2. The molecule has 0 unspecified atom stereocenters. The average Bonchev–Trinajstić information content (AvgIpc) is 3.70. The lowest BCUT2D eigenvalue weighted by molar-refractivity contribution is -0.633. The minimum absolute atomic E-state index is 0.205. The molecule has 48 heavy (non-hydrogen) atoms. The molecular weight excluding hydrogens is 589 g/mol. The van der Waals surface area contributed by atoms with E-state index in [9.17, 15) is 0 Å². The highest BCUT2D eigenvalue weighted by molar-refractivity contribution is 6.13. The number of rotatable bonds is 6. The van der Waals surface area contributed by atoms with E-state index in [4.69, 9.17) is 5.79 Å². The van der Waals surface area contributed by atoms with Gasteiger partial charge in [-0.15, -0.1) is 0 Å². The van der Waals surface area contributed by atoms with Crippen LogP contribution in [0.15, 0.2) is 102 Å². The summed E-state index contributed by atoms with van der Waals surface area (Å²) >= 11 is 0. The van der Waals surface area contributed by atoms with Crippen LogP contribution < -0.4 is 4.57 Å². The minimum atomic E-state index is 0.205. The summed E-state index contributed by atoms with van der Waals surface area (Å²) in [6, 6.07) is 32.1. The van der Waals surface area contributed by atoms with E-state index in [1.165, 1.54) is 27.9 Å². The second-order valence-corrected chi connectivity index (χ2v) is 14.2. The molecule has 0 bridgehead atoms. The number of hydrogen-bond donors (Lipinski definition) is 0. The zero-order valence-electron chi connectivity index (χ0n) is 30.1. The normalized spacial score (nSPS) is 12.6. The van der Waals surface area contributed by atoms with Gasteiger partial charge in [-0.1, -0.05) is 96.1 Å². The van der Waals surface area contributed by atoms with E-state index in [2.05, 4.69) is 130 Å². The monoisotopic (exact) mass is 632 g/mol. The van der Waals surface area contributed by atoms with Gasteiger partial charge in [0.05, 0.1) is 18.1 Å². The molecule has 0 fully saturated rings. The Labute approximate surface area is 283 Å². The molecule has 0 aliphatic rings. The molecule has 8 rings (SSSR count). The molecule has 0 spiro atoms. The maximum absolute atomic E-state index is 8.69. The Morgan fingerprint density at radius 3 is 2.12 bits per heavy atom. The number of nitrogens with zero attached hydrogens (tertiary/aromatic N) is 4. The van der Waals surface area contributed by atoms with E-state index in [0.29, 0.717) is 17.8 Å². The molecule has 0 saturated carbocycles. The quantitative estimate of drug-likeness (QED) is 0.171. The van der Waals surface area contributed by atoms with Gasteiger partial charge < -0.3 is 4.42 Å². The van der Waals surface area contributed by atoms with Gasteiger partial charge in [-0.05, 0) is 66.1 Å². The third kappa shape index (κ3) is 4.51. The molecule has 5 nitrogen and oxygen atoms in total. The molecule has 8 aromatic rings. The van der Waals surface area contributed by atoms with Crippen LogP contribution >= 0.6 is 0 Å². The van der Waals surface area contributed by atoms with Crippen molar-refractivity contribution in [1.29, 1.82) is 0 Å². The lowest BCUT2D eigenvalue weighted by Crippen LogP contribution is -2.30. The van der Waals surface area contributed by atoms with Crippen LogP contribution in [0.1, 0.15) is 82.9 Å². The Kier molecular flexibility index (Phi) is 6.79. The molecule has 0 N–H and O–H groups in total. The molecule has 0 radical (unpaired) electrons. The fourth-order valence-corrected chi connectivity index (χ4v) is 7.44. The molecule has 0 amide bonds. The minimum Gasteiger partial charge on any atom is -0.455 e. The van der Waals surface area contributed by atoms with E-state index in [1.807, 2.05) is 34.9 Å². The molecule has 240 valence electrons. The Morgan fingerprint density at radius 2 is 1.44 bits per heavy atom. The number of para-hydroxylation sites is 3. The largest absolute Gasteiger partial charge is 0.455 e. The maximum Gasteiger partial charge on any atom is 0.299 e. The Hall–Kier alpha value is -5.16.